The molecule has 2 aromatic rings. The lowest BCUT2D eigenvalue weighted by molar-refractivity contribution is 0.416. The van der Waals surface area contributed by atoms with Gasteiger partial charge in [0.1, 0.15) is 10.8 Å². The van der Waals surface area contributed by atoms with Gasteiger partial charge in [0.2, 0.25) is 0 Å². The van der Waals surface area contributed by atoms with Crippen LogP contribution in [-0.4, -0.2) is 18.6 Å². The van der Waals surface area contributed by atoms with Crippen LogP contribution in [0.3, 0.4) is 0 Å². The van der Waals surface area contributed by atoms with Gasteiger partial charge >= 0.3 is 0 Å². The van der Waals surface area contributed by atoms with Crippen LogP contribution in [0.2, 0.25) is 0 Å². The summed E-state index contributed by atoms with van der Waals surface area (Å²) in [5.41, 5.74) is 2.11. The first-order chi connectivity index (χ1) is 9.65. The highest BCUT2D eigenvalue weighted by Crippen LogP contribution is 2.35. The Hall–Kier alpha value is -0.910. The van der Waals surface area contributed by atoms with Crippen molar-refractivity contribution < 1.29 is 4.74 Å². The van der Waals surface area contributed by atoms with Gasteiger partial charge in [-0.3, -0.25) is 0 Å². The fourth-order valence-corrected chi connectivity index (χ4v) is 3.22. The summed E-state index contributed by atoms with van der Waals surface area (Å²) in [6, 6.07) is 6.26. The Morgan fingerprint density at radius 2 is 2.25 bits per heavy atom. The molecule has 0 saturated carbocycles. The summed E-state index contributed by atoms with van der Waals surface area (Å²) in [6.07, 6.45) is 1.13. The molecule has 0 saturated heterocycles. The zero-order valence-electron chi connectivity index (χ0n) is 11.9. The van der Waals surface area contributed by atoms with Crippen molar-refractivity contribution in [2.24, 2.45) is 0 Å². The maximum absolute atomic E-state index is 5.42. The summed E-state index contributed by atoms with van der Waals surface area (Å²) in [6.45, 7) is 5.32. The molecule has 1 N–H and O–H groups in total. The van der Waals surface area contributed by atoms with Gasteiger partial charge in [-0.25, -0.2) is 4.98 Å². The Kier molecular flexibility index (Phi) is 5.57. The molecule has 0 spiro atoms. The summed E-state index contributed by atoms with van der Waals surface area (Å²) in [5.74, 6) is 0.850. The van der Waals surface area contributed by atoms with E-state index in [4.69, 9.17) is 9.72 Å². The zero-order valence-corrected chi connectivity index (χ0v) is 14.3. The minimum Gasteiger partial charge on any atom is -0.496 e. The SMILES string of the molecule is CCCNC(C)c1csc(-c2cc(Br)ccc2OC)n1. The molecule has 1 aromatic carbocycles. The van der Waals surface area contributed by atoms with Crippen molar-refractivity contribution in [3.05, 3.63) is 33.7 Å². The highest BCUT2D eigenvalue weighted by molar-refractivity contribution is 9.10. The molecule has 2 rings (SSSR count). The second-order valence-corrected chi connectivity index (χ2v) is 6.37. The molecule has 20 heavy (non-hydrogen) atoms. The number of nitrogens with one attached hydrogen (secondary N) is 1. The topological polar surface area (TPSA) is 34.1 Å². The molecule has 108 valence electrons. The first-order valence-corrected chi connectivity index (χ1v) is 8.35. The average Bonchev–Trinajstić information content (AvgIpc) is 2.94. The van der Waals surface area contributed by atoms with Crippen molar-refractivity contribution in [1.82, 2.24) is 10.3 Å². The lowest BCUT2D eigenvalue weighted by atomic mass is 10.2. The van der Waals surface area contributed by atoms with Gasteiger partial charge in [-0.05, 0) is 38.1 Å². The number of hydrogen-bond acceptors (Lipinski definition) is 4. The molecule has 0 aliphatic heterocycles. The molecule has 0 aliphatic rings. The largest absolute Gasteiger partial charge is 0.496 e. The van der Waals surface area contributed by atoms with Gasteiger partial charge in [-0.15, -0.1) is 11.3 Å². The van der Waals surface area contributed by atoms with Crippen LogP contribution in [0.25, 0.3) is 10.6 Å². The Labute approximate surface area is 132 Å². The summed E-state index contributed by atoms with van der Waals surface area (Å²) in [4.78, 5) is 4.74. The van der Waals surface area contributed by atoms with Crippen molar-refractivity contribution >= 4 is 27.3 Å². The lowest BCUT2D eigenvalue weighted by Crippen LogP contribution is -2.19. The van der Waals surface area contributed by atoms with Crippen LogP contribution in [0.15, 0.2) is 28.1 Å². The number of ether oxygens (including phenoxy) is 1. The van der Waals surface area contributed by atoms with Crippen LogP contribution in [0.5, 0.6) is 5.75 Å². The Bertz CT molecular complexity index is 571. The third-order valence-corrected chi connectivity index (χ3v) is 4.45. The van der Waals surface area contributed by atoms with Crippen molar-refractivity contribution in [2.45, 2.75) is 26.3 Å². The molecule has 1 aromatic heterocycles. The van der Waals surface area contributed by atoms with E-state index >= 15 is 0 Å². The number of thiazole rings is 1. The number of hydrogen-bond donors (Lipinski definition) is 1. The van der Waals surface area contributed by atoms with Gasteiger partial charge in [0.15, 0.2) is 0 Å². The molecule has 5 heteroatoms. The molecule has 1 atom stereocenters. The van der Waals surface area contributed by atoms with Gasteiger partial charge in [-0.1, -0.05) is 22.9 Å². The maximum atomic E-state index is 5.42. The van der Waals surface area contributed by atoms with Gasteiger partial charge in [0.25, 0.3) is 0 Å². The Morgan fingerprint density at radius 1 is 1.45 bits per heavy atom. The van der Waals surface area contributed by atoms with Gasteiger partial charge in [-0.2, -0.15) is 0 Å². The van der Waals surface area contributed by atoms with Crippen molar-refractivity contribution in [3.63, 3.8) is 0 Å². The lowest BCUT2D eigenvalue weighted by Gasteiger charge is -2.10. The summed E-state index contributed by atoms with van der Waals surface area (Å²) in [5, 5.41) is 6.56. The van der Waals surface area contributed by atoms with Crippen molar-refractivity contribution in [2.75, 3.05) is 13.7 Å². The van der Waals surface area contributed by atoms with E-state index in [0.29, 0.717) is 0 Å². The first-order valence-electron chi connectivity index (χ1n) is 6.68. The fourth-order valence-electron chi connectivity index (χ4n) is 1.92. The molecule has 0 fully saturated rings. The molecule has 1 heterocycles. The van der Waals surface area contributed by atoms with Crippen LogP contribution in [0.4, 0.5) is 0 Å². The van der Waals surface area contributed by atoms with Crippen LogP contribution < -0.4 is 10.1 Å². The van der Waals surface area contributed by atoms with Gasteiger partial charge in [0, 0.05) is 15.9 Å². The monoisotopic (exact) mass is 354 g/mol. The van der Waals surface area contributed by atoms with Crippen LogP contribution in [-0.2, 0) is 0 Å². The van der Waals surface area contributed by atoms with Crippen LogP contribution in [0.1, 0.15) is 32.0 Å². The van der Waals surface area contributed by atoms with Crippen molar-refractivity contribution in [3.8, 4) is 16.3 Å². The van der Waals surface area contributed by atoms with Gasteiger partial charge < -0.3 is 10.1 Å². The van der Waals surface area contributed by atoms with E-state index in [-0.39, 0.29) is 6.04 Å². The fraction of sp³-hybridized carbons (Fsp3) is 0.400. The average molecular weight is 355 g/mol. The van der Waals surface area contributed by atoms with Gasteiger partial charge in [0.05, 0.1) is 18.4 Å². The quantitative estimate of drug-likeness (QED) is 0.820. The number of benzene rings is 1. The molecule has 3 nitrogen and oxygen atoms in total. The predicted molar refractivity (Wildman–Crippen MR) is 88.5 cm³/mol. The smallest absolute Gasteiger partial charge is 0.129 e. The second kappa shape index (κ2) is 7.20. The number of rotatable bonds is 6. The number of methoxy groups -OCH3 is 1. The zero-order chi connectivity index (χ0) is 14.5. The molecule has 0 aliphatic carbocycles. The summed E-state index contributed by atoms with van der Waals surface area (Å²) in [7, 11) is 1.69. The van der Waals surface area contributed by atoms with E-state index in [1.165, 1.54) is 0 Å². The Balaban J connectivity index is 2.26. The third-order valence-electron chi connectivity index (χ3n) is 3.06. The first kappa shape index (κ1) is 15.5. The number of nitrogens with zero attached hydrogens (tertiary/aromatic N) is 1. The van der Waals surface area contributed by atoms with E-state index in [1.807, 2.05) is 18.2 Å². The normalized spacial score (nSPS) is 12.4. The summed E-state index contributed by atoms with van der Waals surface area (Å²) >= 11 is 5.15. The van der Waals surface area contributed by atoms with Crippen molar-refractivity contribution in [1.29, 1.82) is 0 Å². The third kappa shape index (κ3) is 3.59. The molecule has 0 amide bonds. The highest BCUT2D eigenvalue weighted by atomic mass is 79.9. The standard InChI is InChI=1S/C15H19BrN2OS/c1-4-7-17-10(2)13-9-20-15(18-13)12-8-11(16)5-6-14(12)19-3/h5-6,8-10,17H,4,7H2,1-3H3. The van der Waals surface area contributed by atoms with E-state index < -0.39 is 0 Å². The number of halogens is 1. The molecular weight excluding hydrogens is 336 g/mol. The molecular formula is C15H19BrN2OS. The predicted octanol–water partition coefficient (Wildman–Crippen LogP) is 4.64. The highest BCUT2D eigenvalue weighted by Gasteiger charge is 2.13. The Morgan fingerprint density at radius 3 is 2.95 bits per heavy atom. The van der Waals surface area contributed by atoms with E-state index in [9.17, 15) is 0 Å². The molecule has 0 bridgehead atoms. The molecule has 0 radical (unpaired) electrons. The van der Waals surface area contributed by atoms with E-state index in [2.05, 4.69) is 40.5 Å². The summed E-state index contributed by atoms with van der Waals surface area (Å²) < 4.78 is 6.45. The van der Waals surface area contributed by atoms with Crippen LogP contribution in [0, 0.1) is 0 Å². The van der Waals surface area contributed by atoms with E-state index in [0.717, 1.165) is 39.5 Å². The van der Waals surface area contributed by atoms with Crippen LogP contribution >= 0.6 is 27.3 Å². The second-order valence-electron chi connectivity index (χ2n) is 4.60. The molecule has 1 unspecified atom stereocenters. The minimum atomic E-state index is 0.276. The number of aromatic nitrogens is 1. The minimum absolute atomic E-state index is 0.276. The van der Waals surface area contributed by atoms with E-state index in [1.54, 1.807) is 18.4 Å². The maximum Gasteiger partial charge on any atom is 0.129 e.